The first-order valence-electron chi connectivity index (χ1n) is 7.67. The fourth-order valence-electron chi connectivity index (χ4n) is 2.07. The van der Waals surface area contributed by atoms with Crippen LogP contribution in [0.4, 0.5) is 45.2 Å². The highest BCUT2D eigenvalue weighted by Gasteiger charge is 2.59. The molecule has 0 spiro atoms. The van der Waals surface area contributed by atoms with Gasteiger partial charge in [-0.05, 0) is 42.5 Å². The number of benzene rings is 2. The van der Waals surface area contributed by atoms with Gasteiger partial charge in [0.2, 0.25) is 0 Å². The average Bonchev–Trinajstić information content (AvgIpc) is 2.61. The Morgan fingerprint density at radius 2 is 1.50 bits per heavy atom. The Kier molecular flexibility index (Phi) is 6.50. The zero-order valence-electron chi connectivity index (χ0n) is 14.2. The predicted molar refractivity (Wildman–Crippen MR) is 87.4 cm³/mol. The Labute approximate surface area is 167 Å². The Balaban J connectivity index is 2.15. The summed E-state index contributed by atoms with van der Waals surface area (Å²) in [5.41, 5.74) is -1.78. The molecule has 2 rings (SSSR count). The molecule has 0 heterocycles. The van der Waals surface area contributed by atoms with E-state index in [0.29, 0.717) is 24.3 Å². The second-order valence-electron chi connectivity index (χ2n) is 5.74. The summed E-state index contributed by atoms with van der Waals surface area (Å²) in [6.07, 6.45) is -20.4. The van der Waals surface area contributed by atoms with Crippen molar-refractivity contribution in [3.8, 4) is 5.75 Å². The van der Waals surface area contributed by atoms with Crippen molar-refractivity contribution >= 4 is 23.2 Å². The molecule has 164 valence electrons. The minimum atomic E-state index is -5.87. The second kappa shape index (κ2) is 8.25. The number of ether oxygens (including phenoxy) is 1. The fourth-order valence-corrected chi connectivity index (χ4v) is 2.23. The van der Waals surface area contributed by atoms with Crippen LogP contribution in [0.25, 0.3) is 0 Å². The number of rotatable bonds is 5. The molecular weight excluding hydrogens is 457 g/mol. The molecule has 2 aromatic carbocycles. The van der Waals surface area contributed by atoms with E-state index in [1.54, 1.807) is 0 Å². The summed E-state index contributed by atoms with van der Waals surface area (Å²) in [4.78, 5) is 12.1. The first-order chi connectivity index (χ1) is 13.6. The summed E-state index contributed by atoms with van der Waals surface area (Å²) < 4.78 is 117. The number of carbonyl (C=O) groups excluding carboxylic acids is 1. The summed E-state index contributed by atoms with van der Waals surface area (Å²) >= 11 is 5.73. The molecule has 0 aromatic heterocycles. The van der Waals surface area contributed by atoms with Crippen molar-refractivity contribution in [2.24, 2.45) is 0 Å². The first-order valence-corrected chi connectivity index (χ1v) is 8.05. The van der Waals surface area contributed by atoms with Crippen molar-refractivity contribution in [2.75, 3.05) is 5.32 Å². The Bertz CT molecular complexity index is 911. The molecule has 13 heteroatoms. The summed E-state index contributed by atoms with van der Waals surface area (Å²) in [7, 11) is 0. The number of carbonyl (C=O) groups is 1. The first kappa shape index (κ1) is 23.6. The maximum Gasteiger partial charge on any atom is 0.439 e. The third kappa shape index (κ3) is 5.71. The molecule has 0 aliphatic heterocycles. The normalized spacial score (nSPS) is 13.7. The van der Waals surface area contributed by atoms with Gasteiger partial charge in [-0.1, -0.05) is 11.6 Å². The smallest absolute Gasteiger partial charge is 0.430 e. The van der Waals surface area contributed by atoms with E-state index in [0.717, 1.165) is 18.2 Å². The van der Waals surface area contributed by atoms with E-state index in [1.165, 1.54) is 0 Å². The van der Waals surface area contributed by atoms with Gasteiger partial charge in [0, 0.05) is 5.56 Å². The second-order valence-corrected chi connectivity index (χ2v) is 6.15. The van der Waals surface area contributed by atoms with Gasteiger partial charge in [0.25, 0.3) is 12.1 Å². The molecule has 30 heavy (non-hydrogen) atoms. The zero-order chi connectivity index (χ0) is 22.9. The van der Waals surface area contributed by atoms with Crippen molar-refractivity contribution in [1.82, 2.24) is 0 Å². The lowest BCUT2D eigenvalue weighted by atomic mass is 10.1. The largest absolute Gasteiger partial charge is 0.439 e. The molecule has 2 aromatic rings. The molecule has 1 atom stereocenters. The summed E-state index contributed by atoms with van der Waals surface area (Å²) in [5.74, 6) is -1.89. The molecule has 1 unspecified atom stereocenters. The molecule has 3 nitrogen and oxygen atoms in total. The van der Waals surface area contributed by atoms with Crippen LogP contribution in [0.1, 0.15) is 15.9 Å². The van der Waals surface area contributed by atoms with E-state index in [9.17, 15) is 44.3 Å². The van der Waals surface area contributed by atoms with Gasteiger partial charge in [0.1, 0.15) is 5.75 Å². The van der Waals surface area contributed by atoms with Gasteiger partial charge in [-0.3, -0.25) is 4.79 Å². The predicted octanol–water partition coefficient (Wildman–Crippen LogP) is 6.48. The van der Waals surface area contributed by atoms with Gasteiger partial charge >= 0.3 is 18.5 Å². The number of anilines is 1. The van der Waals surface area contributed by atoms with E-state index >= 15 is 0 Å². The Hall–Kier alpha value is -2.63. The van der Waals surface area contributed by atoms with Gasteiger partial charge in [-0.25, -0.2) is 4.39 Å². The number of hydrogen-bond donors (Lipinski definition) is 1. The number of halogens is 10. The molecule has 0 aliphatic carbocycles. The summed E-state index contributed by atoms with van der Waals surface area (Å²) in [6.45, 7) is 0. The van der Waals surface area contributed by atoms with Crippen LogP contribution in [-0.4, -0.2) is 24.4 Å². The Morgan fingerprint density at radius 1 is 0.933 bits per heavy atom. The maximum atomic E-state index is 13.2. The van der Waals surface area contributed by atoms with Gasteiger partial charge < -0.3 is 10.1 Å². The average molecular weight is 466 g/mol. The van der Waals surface area contributed by atoms with Gasteiger partial charge in [0.05, 0.1) is 16.3 Å². The molecular formula is C17H9ClF9NO2. The molecule has 0 aliphatic rings. The topological polar surface area (TPSA) is 38.3 Å². The van der Waals surface area contributed by atoms with Crippen LogP contribution in [0, 0.1) is 0 Å². The van der Waals surface area contributed by atoms with E-state index in [1.807, 2.05) is 0 Å². The Morgan fingerprint density at radius 3 is 2.00 bits per heavy atom. The lowest BCUT2D eigenvalue weighted by Crippen LogP contribution is -2.45. The van der Waals surface area contributed by atoms with E-state index < -0.39 is 47.5 Å². The van der Waals surface area contributed by atoms with Crippen LogP contribution in [-0.2, 0) is 6.18 Å². The zero-order valence-corrected chi connectivity index (χ0v) is 15.0. The number of amides is 1. The van der Waals surface area contributed by atoms with Crippen molar-refractivity contribution in [3.63, 3.8) is 0 Å². The van der Waals surface area contributed by atoms with E-state index in [4.69, 9.17) is 11.6 Å². The third-order valence-corrected chi connectivity index (χ3v) is 3.82. The number of nitrogens with one attached hydrogen (secondary N) is 1. The standard InChI is InChI=1S/C17H9ClF9NO2/c18-11-6-3-9(15(20,21)22)7-12(11)28-13(29)8-1-4-10(5-2-8)30-17(26,27)14(19)16(23,24)25/h1-7,14H,(H,28,29). The molecule has 0 fully saturated rings. The highest BCUT2D eigenvalue weighted by molar-refractivity contribution is 6.34. The lowest BCUT2D eigenvalue weighted by Gasteiger charge is -2.23. The monoisotopic (exact) mass is 465 g/mol. The van der Waals surface area contributed by atoms with Crippen molar-refractivity contribution in [2.45, 2.75) is 24.6 Å². The van der Waals surface area contributed by atoms with Crippen molar-refractivity contribution < 1.29 is 49.0 Å². The maximum absolute atomic E-state index is 13.2. The number of hydrogen-bond acceptors (Lipinski definition) is 2. The third-order valence-electron chi connectivity index (χ3n) is 3.49. The molecule has 0 radical (unpaired) electrons. The van der Waals surface area contributed by atoms with Crippen molar-refractivity contribution in [1.29, 1.82) is 0 Å². The molecule has 0 saturated heterocycles. The van der Waals surface area contributed by atoms with Gasteiger partial charge in [-0.15, -0.1) is 0 Å². The van der Waals surface area contributed by atoms with E-state index in [-0.39, 0.29) is 10.6 Å². The minimum Gasteiger partial charge on any atom is -0.430 e. The highest BCUT2D eigenvalue weighted by atomic mass is 35.5. The highest BCUT2D eigenvalue weighted by Crippen LogP contribution is 2.37. The van der Waals surface area contributed by atoms with Crippen molar-refractivity contribution in [3.05, 3.63) is 58.6 Å². The fraction of sp³-hybridized carbons (Fsp3) is 0.235. The minimum absolute atomic E-state index is 0.225. The summed E-state index contributed by atoms with van der Waals surface area (Å²) in [5, 5.41) is 1.85. The van der Waals surface area contributed by atoms with Crippen LogP contribution < -0.4 is 10.1 Å². The van der Waals surface area contributed by atoms with Crippen LogP contribution in [0.2, 0.25) is 5.02 Å². The van der Waals surface area contributed by atoms with Crippen LogP contribution in [0.5, 0.6) is 5.75 Å². The van der Waals surface area contributed by atoms with E-state index in [2.05, 4.69) is 10.1 Å². The molecule has 0 saturated carbocycles. The quantitative estimate of drug-likeness (QED) is 0.513. The van der Waals surface area contributed by atoms with Crippen LogP contribution in [0.15, 0.2) is 42.5 Å². The molecule has 1 N–H and O–H groups in total. The number of alkyl halides is 9. The SMILES string of the molecule is O=C(Nc1cc(C(F)(F)F)ccc1Cl)c1ccc(OC(F)(F)C(F)C(F)(F)F)cc1. The van der Waals surface area contributed by atoms with Gasteiger partial charge in [0.15, 0.2) is 0 Å². The molecule has 0 bridgehead atoms. The summed E-state index contributed by atoms with van der Waals surface area (Å²) in [6, 6.07) is 5.10. The van der Waals surface area contributed by atoms with Crippen LogP contribution in [0.3, 0.4) is 0 Å². The van der Waals surface area contributed by atoms with Gasteiger partial charge in [-0.2, -0.15) is 35.1 Å². The molecule has 1 amide bonds. The lowest BCUT2D eigenvalue weighted by molar-refractivity contribution is -0.304. The van der Waals surface area contributed by atoms with Crippen LogP contribution >= 0.6 is 11.6 Å².